The van der Waals surface area contributed by atoms with E-state index in [4.69, 9.17) is 0 Å². The van der Waals surface area contributed by atoms with Crippen molar-refractivity contribution < 1.29 is 48.1 Å². The Bertz CT molecular complexity index is 1280. The first-order valence-corrected chi connectivity index (χ1v) is 17.3. The summed E-state index contributed by atoms with van der Waals surface area (Å²) in [5.74, 6) is 0. The van der Waals surface area contributed by atoms with Gasteiger partial charge in [0.2, 0.25) is 0 Å². The minimum atomic E-state index is 0. The van der Waals surface area contributed by atoms with Gasteiger partial charge in [-0.2, -0.15) is 35.4 Å². The summed E-state index contributed by atoms with van der Waals surface area (Å²) in [6.45, 7) is 8.91. The van der Waals surface area contributed by atoms with Crippen molar-refractivity contribution in [3.63, 3.8) is 0 Å². The van der Waals surface area contributed by atoms with E-state index < -0.39 is 0 Å². The van der Waals surface area contributed by atoms with E-state index in [0.29, 0.717) is 0 Å². The van der Waals surface area contributed by atoms with Gasteiger partial charge in [0.25, 0.3) is 0 Å². The SMILES string of the molecule is CC1=[C-]c2ccc3ccccc3c2C1.CC1=[C-]c2ccc3ccccc3c2C1.C[Si](C)=[Zr+2].[Cl-].[Cl-]. The molecule has 0 spiro atoms. The summed E-state index contributed by atoms with van der Waals surface area (Å²) < 4.78 is 0. The second-order valence-corrected chi connectivity index (χ2v) is 18.2. The Kier molecular flexibility index (Phi) is 11.0. The van der Waals surface area contributed by atoms with Crippen LogP contribution in [0.15, 0.2) is 83.9 Å². The molecule has 0 radical (unpaired) electrons. The molecular formula is C30H28Cl2SiZr-2. The van der Waals surface area contributed by atoms with Crippen molar-refractivity contribution >= 4 is 27.0 Å². The van der Waals surface area contributed by atoms with Crippen molar-refractivity contribution in [1.82, 2.24) is 0 Å². The van der Waals surface area contributed by atoms with Crippen LogP contribution in [0.1, 0.15) is 36.1 Å². The maximum absolute atomic E-state index is 3.41. The van der Waals surface area contributed by atoms with Crippen LogP contribution >= 0.6 is 0 Å². The Balaban J connectivity index is 0.000000198. The van der Waals surface area contributed by atoms with Crippen molar-refractivity contribution in [3.05, 3.63) is 118 Å². The number of halogens is 2. The van der Waals surface area contributed by atoms with Crippen molar-refractivity contribution in [2.45, 2.75) is 39.8 Å². The monoisotopic (exact) mass is 576 g/mol. The minimum Gasteiger partial charge on any atom is -1.00 e. The first-order chi connectivity index (χ1) is 15.4. The van der Waals surface area contributed by atoms with Gasteiger partial charge in [-0.1, -0.05) is 86.0 Å². The van der Waals surface area contributed by atoms with Crippen LogP contribution in [0, 0.1) is 12.2 Å². The molecule has 2 aliphatic rings. The molecule has 6 rings (SSSR count). The van der Waals surface area contributed by atoms with Crippen LogP contribution in [-0.4, -0.2) is 5.43 Å². The number of benzene rings is 4. The first kappa shape index (κ1) is 28.8. The quantitative estimate of drug-likeness (QED) is 0.221. The van der Waals surface area contributed by atoms with E-state index in [2.05, 4.69) is 112 Å². The molecule has 0 fully saturated rings. The Labute approximate surface area is 231 Å². The normalized spacial score (nSPS) is 12.5. The zero-order valence-corrected chi connectivity index (χ0v) is 25.1. The molecular weight excluding hydrogens is 551 g/mol. The largest absolute Gasteiger partial charge is 1.00 e. The molecule has 0 heterocycles. The summed E-state index contributed by atoms with van der Waals surface area (Å²) >= 11 is 1.74. The fourth-order valence-electron chi connectivity index (χ4n) is 4.37. The summed E-state index contributed by atoms with van der Waals surface area (Å²) in [6, 6.07) is 25.9. The second kappa shape index (κ2) is 13.0. The molecule has 0 N–H and O–H groups in total. The van der Waals surface area contributed by atoms with Crippen LogP contribution in [-0.2, 0) is 36.2 Å². The third-order valence-electron chi connectivity index (χ3n) is 5.66. The van der Waals surface area contributed by atoms with E-state index in [1.807, 2.05) is 0 Å². The smallest absolute Gasteiger partial charge is 1.00 e. The summed E-state index contributed by atoms with van der Waals surface area (Å²) in [5, 5.41) is 5.44. The molecule has 0 saturated carbocycles. The zero-order valence-electron chi connectivity index (χ0n) is 20.1. The number of hydrogen-bond donors (Lipinski definition) is 0. The van der Waals surface area contributed by atoms with Gasteiger partial charge in [-0.05, 0) is 10.8 Å². The fraction of sp³-hybridized carbons (Fsp3) is 0.200. The van der Waals surface area contributed by atoms with Gasteiger partial charge in [0.05, 0.1) is 0 Å². The Morgan fingerprint density at radius 1 is 0.618 bits per heavy atom. The molecule has 0 nitrogen and oxygen atoms in total. The Morgan fingerprint density at radius 2 is 0.971 bits per heavy atom. The summed E-state index contributed by atoms with van der Waals surface area (Å²) in [7, 11) is 0. The third kappa shape index (κ3) is 6.82. The molecule has 172 valence electrons. The van der Waals surface area contributed by atoms with Gasteiger partial charge in [-0.25, -0.2) is 0 Å². The van der Waals surface area contributed by atoms with Crippen LogP contribution < -0.4 is 24.8 Å². The van der Waals surface area contributed by atoms with E-state index in [0.717, 1.165) is 12.8 Å². The minimum absolute atomic E-state index is 0. The van der Waals surface area contributed by atoms with E-state index in [-0.39, 0.29) is 30.2 Å². The molecule has 0 amide bonds. The van der Waals surface area contributed by atoms with Gasteiger partial charge in [0.1, 0.15) is 0 Å². The van der Waals surface area contributed by atoms with E-state index in [1.54, 1.807) is 23.3 Å². The van der Waals surface area contributed by atoms with Crippen LogP contribution in [0.5, 0.6) is 0 Å². The van der Waals surface area contributed by atoms with Gasteiger partial charge >= 0.3 is 41.9 Å². The topological polar surface area (TPSA) is 0 Å². The molecule has 34 heavy (non-hydrogen) atoms. The van der Waals surface area contributed by atoms with Gasteiger partial charge < -0.3 is 24.8 Å². The maximum atomic E-state index is 3.41. The summed E-state index contributed by atoms with van der Waals surface area (Å²) in [6.07, 6.45) is 8.94. The molecule has 0 saturated heterocycles. The van der Waals surface area contributed by atoms with Crippen LogP contribution in [0.2, 0.25) is 13.1 Å². The standard InChI is InChI=1S/2C14H11.C2H6Si.2ClH.Zr/c2*1-10-8-12-7-6-11-4-2-3-5-13(11)14(12)9-10;1-3-2;;;/h2*2-7H,9H2,1H3;1-2H3;2*1H;/q2*-1;;;;+2/p-2. The van der Waals surface area contributed by atoms with Crippen molar-refractivity contribution in [1.29, 1.82) is 0 Å². The number of fused-ring (bicyclic) bond motifs is 6. The van der Waals surface area contributed by atoms with Gasteiger partial charge in [0, 0.05) is 0 Å². The van der Waals surface area contributed by atoms with Gasteiger partial charge in [-0.15, -0.1) is 34.4 Å². The van der Waals surface area contributed by atoms with Crippen LogP contribution in [0.4, 0.5) is 0 Å². The molecule has 0 unspecified atom stereocenters. The molecule has 4 aromatic carbocycles. The zero-order chi connectivity index (χ0) is 22.7. The molecule has 0 atom stereocenters. The van der Waals surface area contributed by atoms with Crippen LogP contribution in [0.25, 0.3) is 21.5 Å². The average molecular weight is 579 g/mol. The van der Waals surface area contributed by atoms with E-state index >= 15 is 0 Å². The molecule has 2 aliphatic carbocycles. The number of hydrogen-bond acceptors (Lipinski definition) is 0. The maximum Gasteiger partial charge on any atom is -1.00 e. The van der Waals surface area contributed by atoms with Crippen molar-refractivity contribution in [2.24, 2.45) is 0 Å². The molecule has 0 aromatic heterocycles. The van der Waals surface area contributed by atoms with Crippen molar-refractivity contribution in [3.8, 4) is 0 Å². The molecule has 0 aliphatic heterocycles. The van der Waals surface area contributed by atoms with E-state index in [9.17, 15) is 0 Å². The molecule has 0 bridgehead atoms. The van der Waals surface area contributed by atoms with Crippen LogP contribution in [0.3, 0.4) is 0 Å². The second-order valence-electron chi connectivity index (χ2n) is 8.79. The molecule has 4 heteroatoms. The van der Waals surface area contributed by atoms with Gasteiger partial charge in [0.15, 0.2) is 0 Å². The predicted molar refractivity (Wildman–Crippen MR) is 136 cm³/mol. The van der Waals surface area contributed by atoms with Gasteiger partial charge in [-0.3, -0.25) is 0 Å². The summed E-state index contributed by atoms with van der Waals surface area (Å²) in [5.41, 5.74) is 8.35. The summed E-state index contributed by atoms with van der Waals surface area (Å²) in [4.78, 5) is 0. The Morgan fingerprint density at radius 3 is 1.35 bits per heavy atom. The third-order valence-corrected chi connectivity index (χ3v) is 5.66. The number of rotatable bonds is 0. The average Bonchev–Trinajstić information content (AvgIpc) is 3.35. The van der Waals surface area contributed by atoms with Crippen molar-refractivity contribution in [2.75, 3.05) is 0 Å². The fourth-order valence-corrected chi connectivity index (χ4v) is 4.37. The Hall–Kier alpha value is -1.44. The first-order valence-electron chi connectivity index (χ1n) is 11.1. The number of allylic oxidation sites excluding steroid dienone is 2. The molecule has 4 aromatic rings. The predicted octanol–water partition coefficient (Wildman–Crippen LogP) is 1.78. The van der Waals surface area contributed by atoms with E-state index in [1.165, 1.54) is 54.9 Å².